The summed E-state index contributed by atoms with van der Waals surface area (Å²) in [6, 6.07) is 20.9. The van der Waals surface area contributed by atoms with Gasteiger partial charge in [-0.25, -0.2) is 0 Å². The van der Waals surface area contributed by atoms with E-state index in [4.69, 9.17) is 4.43 Å². The van der Waals surface area contributed by atoms with Gasteiger partial charge in [-0.05, 0) is 21.3 Å². The Morgan fingerprint density at radius 2 is 1.26 bits per heavy atom. The molecular weight excluding hydrogens is 400 g/mol. The fourth-order valence-electron chi connectivity index (χ4n) is 4.47. The number of ketones is 1. The number of rotatable bonds is 9. The second-order valence-corrected chi connectivity index (χ2v) is 14.6. The van der Waals surface area contributed by atoms with Gasteiger partial charge in [0, 0.05) is 11.8 Å². The summed E-state index contributed by atoms with van der Waals surface area (Å²) >= 11 is 0. The molecule has 0 spiro atoms. The van der Waals surface area contributed by atoms with Gasteiger partial charge < -0.3 is 9.53 Å². The largest absolute Gasteiger partial charge is 0.402 e. The zero-order valence-electron chi connectivity index (χ0n) is 20.4. The van der Waals surface area contributed by atoms with E-state index < -0.39 is 26.4 Å². The monoisotopic (exact) mass is 440 g/mol. The molecule has 0 aliphatic heterocycles. The molecule has 170 valence electrons. The topological polar surface area (TPSA) is 46.5 Å². The molecule has 0 heterocycles. The fourth-order valence-corrected chi connectivity index (χ4v) is 9.31. The third-order valence-electron chi connectivity index (χ3n) is 6.25. The van der Waals surface area contributed by atoms with Crippen LogP contribution in [0.5, 0.6) is 0 Å². The maximum atomic E-state index is 12.7. The van der Waals surface area contributed by atoms with Gasteiger partial charge in [-0.2, -0.15) is 0 Å². The first-order valence-corrected chi connectivity index (χ1v) is 13.3. The summed E-state index contributed by atoms with van der Waals surface area (Å²) < 4.78 is 7.19. The smallest absolute Gasteiger partial charge is 0.261 e. The molecule has 0 saturated heterocycles. The van der Waals surface area contributed by atoms with Crippen LogP contribution >= 0.6 is 0 Å². The first kappa shape index (κ1) is 25.5. The van der Waals surface area contributed by atoms with Crippen molar-refractivity contribution in [2.24, 2.45) is 17.8 Å². The highest BCUT2D eigenvalue weighted by atomic mass is 28.4. The second kappa shape index (κ2) is 10.2. The third kappa shape index (κ3) is 5.36. The SMILES string of the molecule is CC(C)C(=O)[C@H](C)[C@@H](O)[C@@H](O[Si](c1ccccc1)(c1ccccc1)C(C)(C)C)C(C)C. The van der Waals surface area contributed by atoms with Crippen molar-refractivity contribution in [3.8, 4) is 0 Å². The summed E-state index contributed by atoms with van der Waals surface area (Å²) in [6.07, 6.45) is -1.32. The van der Waals surface area contributed by atoms with Gasteiger partial charge in [-0.15, -0.1) is 0 Å². The summed E-state index contributed by atoms with van der Waals surface area (Å²) in [6.45, 7) is 16.4. The number of Topliss-reactive ketones (excluding diaryl/α,β-unsaturated/α-hetero) is 1. The van der Waals surface area contributed by atoms with Crippen molar-refractivity contribution in [3.63, 3.8) is 0 Å². The summed E-state index contributed by atoms with van der Waals surface area (Å²) in [5, 5.41) is 13.5. The van der Waals surface area contributed by atoms with Crippen LogP contribution in [0.1, 0.15) is 55.4 Å². The Balaban J connectivity index is 2.67. The molecule has 4 heteroatoms. The van der Waals surface area contributed by atoms with E-state index in [1.54, 1.807) is 0 Å². The molecular formula is C27H40O3Si. The van der Waals surface area contributed by atoms with E-state index in [0.29, 0.717) is 0 Å². The molecule has 0 fully saturated rings. The third-order valence-corrected chi connectivity index (χ3v) is 11.3. The standard InChI is InChI=1S/C27H40O3Si/c1-19(2)24(28)21(5)25(29)26(20(3)4)30-31(27(6,7)8,22-15-11-9-12-16-22)23-17-13-10-14-18-23/h9-21,25-26,29H,1-8H3/t21-,25+,26-/m0/s1. The van der Waals surface area contributed by atoms with Gasteiger partial charge in [0.05, 0.1) is 12.2 Å². The quantitative estimate of drug-likeness (QED) is 0.569. The molecule has 0 aliphatic carbocycles. The van der Waals surface area contributed by atoms with Crippen LogP contribution in [-0.2, 0) is 9.22 Å². The first-order valence-electron chi connectivity index (χ1n) is 11.4. The van der Waals surface area contributed by atoms with Gasteiger partial charge in [-0.1, -0.05) is 116 Å². The second-order valence-electron chi connectivity index (χ2n) is 10.3. The number of benzene rings is 2. The Morgan fingerprint density at radius 1 is 0.839 bits per heavy atom. The summed E-state index contributed by atoms with van der Waals surface area (Å²) in [4.78, 5) is 12.7. The number of hydrogen-bond acceptors (Lipinski definition) is 3. The first-order chi connectivity index (χ1) is 14.4. The molecule has 0 radical (unpaired) electrons. The van der Waals surface area contributed by atoms with Gasteiger partial charge in [0.1, 0.15) is 5.78 Å². The Labute approximate surface area is 190 Å². The highest BCUT2D eigenvalue weighted by molar-refractivity contribution is 6.99. The van der Waals surface area contributed by atoms with Crippen molar-refractivity contribution in [2.75, 3.05) is 0 Å². The van der Waals surface area contributed by atoms with Crippen LogP contribution in [0.3, 0.4) is 0 Å². The molecule has 2 aromatic carbocycles. The molecule has 0 bridgehead atoms. The fraction of sp³-hybridized carbons (Fsp3) is 0.519. The highest BCUT2D eigenvalue weighted by Crippen LogP contribution is 2.39. The normalized spacial score (nSPS) is 15.7. The van der Waals surface area contributed by atoms with Crippen molar-refractivity contribution in [2.45, 2.75) is 72.6 Å². The highest BCUT2D eigenvalue weighted by Gasteiger charge is 2.53. The zero-order chi connectivity index (χ0) is 23.4. The lowest BCUT2D eigenvalue weighted by molar-refractivity contribution is -0.132. The van der Waals surface area contributed by atoms with E-state index in [2.05, 4.69) is 83.1 Å². The number of hydrogen-bond donors (Lipinski definition) is 1. The zero-order valence-corrected chi connectivity index (χ0v) is 21.4. The lowest BCUT2D eigenvalue weighted by atomic mass is 9.86. The van der Waals surface area contributed by atoms with Gasteiger partial charge in [0.2, 0.25) is 0 Å². The average Bonchev–Trinajstić information content (AvgIpc) is 2.73. The molecule has 2 aromatic rings. The predicted octanol–water partition coefficient (Wildman–Crippen LogP) is 4.81. The van der Waals surface area contributed by atoms with Crippen LogP contribution in [-0.4, -0.2) is 31.4 Å². The molecule has 0 amide bonds. The minimum atomic E-state index is -2.82. The lowest BCUT2D eigenvalue weighted by Crippen LogP contribution is -2.69. The van der Waals surface area contributed by atoms with Crippen LogP contribution in [0, 0.1) is 17.8 Å². The van der Waals surface area contributed by atoms with Crippen LogP contribution in [0.15, 0.2) is 60.7 Å². The number of carbonyl (C=O) groups is 1. The number of aliphatic hydroxyl groups excluding tert-OH is 1. The van der Waals surface area contributed by atoms with Crippen LogP contribution < -0.4 is 10.4 Å². The molecule has 2 rings (SSSR count). The summed E-state index contributed by atoms with van der Waals surface area (Å²) in [5.74, 6) is -0.473. The molecule has 0 aromatic heterocycles. The van der Waals surface area contributed by atoms with Crippen LogP contribution in [0.4, 0.5) is 0 Å². The summed E-state index contributed by atoms with van der Waals surface area (Å²) in [7, 11) is -2.82. The Bertz CT molecular complexity index is 785. The molecule has 3 atom stereocenters. The van der Waals surface area contributed by atoms with E-state index in [9.17, 15) is 9.90 Å². The molecule has 31 heavy (non-hydrogen) atoms. The average molecular weight is 441 g/mol. The van der Waals surface area contributed by atoms with E-state index in [0.717, 1.165) is 0 Å². The molecule has 0 aliphatic rings. The van der Waals surface area contributed by atoms with E-state index in [1.807, 2.05) is 32.9 Å². The summed E-state index contributed by atoms with van der Waals surface area (Å²) in [5.41, 5.74) is 0. The minimum Gasteiger partial charge on any atom is -0.402 e. The molecule has 0 saturated carbocycles. The van der Waals surface area contributed by atoms with Gasteiger partial charge in [-0.3, -0.25) is 4.79 Å². The van der Waals surface area contributed by atoms with E-state index >= 15 is 0 Å². The Morgan fingerprint density at radius 3 is 1.58 bits per heavy atom. The van der Waals surface area contributed by atoms with Gasteiger partial charge in [0.25, 0.3) is 8.32 Å². The van der Waals surface area contributed by atoms with Gasteiger partial charge in [0.15, 0.2) is 0 Å². The van der Waals surface area contributed by atoms with Crippen LogP contribution in [0.2, 0.25) is 5.04 Å². The Hall–Kier alpha value is -1.75. The lowest BCUT2D eigenvalue weighted by Gasteiger charge is -2.47. The van der Waals surface area contributed by atoms with E-state index in [1.165, 1.54) is 10.4 Å². The Kier molecular flexibility index (Phi) is 8.43. The molecule has 3 nitrogen and oxygen atoms in total. The van der Waals surface area contributed by atoms with Crippen molar-refractivity contribution < 1.29 is 14.3 Å². The minimum absolute atomic E-state index is 0.0547. The van der Waals surface area contributed by atoms with Crippen molar-refractivity contribution in [3.05, 3.63) is 60.7 Å². The van der Waals surface area contributed by atoms with Crippen LogP contribution in [0.25, 0.3) is 0 Å². The number of carbonyl (C=O) groups excluding carboxylic acids is 1. The van der Waals surface area contributed by atoms with Crippen molar-refractivity contribution >= 4 is 24.5 Å². The molecule has 0 unspecified atom stereocenters. The number of aliphatic hydroxyl groups is 1. The maximum Gasteiger partial charge on any atom is 0.261 e. The molecule has 1 N–H and O–H groups in total. The van der Waals surface area contributed by atoms with E-state index in [-0.39, 0.29) is 22.7 Å². The van der Waals surface area contributed by atoms with Crippen molar-refractivity contribution in [1.82, 2.24) is 0 Å². The predicted molar refractivity (Wildman–Crippen MR) is 132 cm³/mol. The van der Waals surface area contributed by atoms with Crippen molar-refractivity contribution in [1.29, 1.82) is 0 Å². The maximum absolute atomic E-state index is 12.7. The van der Waals surface area contributed by atoms with Gasteiger partial charge >= 0.3 is 0 Å².